The van der Waals surface area contributed by atoms with Crippen LogP contribution in [0.25, 0.3) is 0 Å². The SMILES string of the molecule is CCCNC(=O)CN1CCN(C(CNS(=O)(=O)c2ccccc2)c2ccccc2)CC1. The highest BCUT2D eigenvalue weighted by molar-refractivity contribution is 7.89. The van der Waals surface area contributed by atoms with Crippen molar-refractivity contribution in [2.45, 2.75) is 24.3 Å². The highest BCUT2D eigenvalue weighted by Gasteiger charge is 2.27. The van der Waals surface area contributed by atoms with E-state index < -0.39 is 10.0 Å². The molecule has 1 aliphatic rings. The third-order valence-corrected chi connectivity index (χ3v) is 6.93. The first-order valence-corrected chi connectivity index (χ1v) is 12.3. The molecule has 31 heavy (non-hydrogen) atoms. The van der Waals surface area contributed by atoms with Crippen LogP contribution in [-0.4, -0.2) is 69.9 Å². The predicted octanol–water partition coefficient (Wildman–Crippen LogP) is 1.85. The van der Waals surface area contributed by atoms with Gasteiger partial charge < -0.3 is 5.32 Å². The summed E-state index contributed by atoms with van der Waals surface area (Å²) < 4.78 is 28.2. The summed E-state index contributed by atoms with van der Waals surface area (Å²) in [7, 11) is -3.58. The predicted molar refractivity (Wildman–Crippen MR) is 122 cm³/mol. The minimum Gasteiger partial charge on any atom is -0.355 e. The molecule has 2 aromatic rings. The number of benzene rings is 2. The van der Waals surface area contributed by atoms with E-state index in [2.05, 4.69) is 19.8 Å². The highest BCUT2D eigenvalue weighted by atomic mass is 32.2. The molecule has 1 aliphatic heterocycles. The molecule has 7 nitrogen and oxygen atoms in total. The lowest BCUT2D eigenvalue weighted by Gasteiger charge is -2.39. The van der Waals surface area contributed by atoms with Crippen molar-refractivity contribution < 1.29 is 13.2 Å². The van der Waals surface area contributed by atoms with Gasteiger partial charge in [0.25, 0.3) is 0 Å². The van der Waals surface area contributed by atoms with Crippen LogP contribution >= 0.6 is 0 Å². The Morgan fingerprint density at radius 2 is 1.58 bits per heavy atom. The molecular weight excluding hydrogens is 412 g/mol. The molecule has 0 bridgehead atoms. The summed E-state index contributed by atoms with van der Waals surface area (Å²) in [5, 5.41) is 2.92. The van der Waals surface area contributed by atoms with E-state index in [9.17, 15) is 13.2 Å². The van der Waals surface area contributed by atoms with Crippen LogP contribution in [0.2, 0.25) is 0 Å². The molecule has 2 N–H and O–H groups in total. The fourth-order valence-electron chi connectivity index (χ4n) is 3.76. The van der Waals surface area contributed by atoms with E-state index in [1.54, 1.807) is 30.3 Å². The summed E-state index contributed by atoms with van der Waals surface area (Å²) >= 11 is 0. The lowest BCUT2D eigenvalue weighted by atomic mass is 10.0. The third kappa shape index (κ3) is 6.87. The van der Waals surface area contributed by atoms with E-state index in [4.69, 9.17) is 0 Å². The Morgan fingerprint density at radius 3 is 2.19 bits per heavy atom. The van der Waals surface area contributed by atoms with E-state index in [1.807, 2.05) is 37.3 Å². The number of rotatable bonds is 10. The van der Waals surface area contributed by atoms with Crippen LogP contribution in [0.1, 0.15) is 24.9 Å². The second-order valence-corrected chi connectivity index (χ2v) is 9.52. The van der Waals surface area contributed by atoms with Gasteiger partial charge in [0.2, 0.25) is 15.9 Å². The Hall–Kier alpha value is -2.26. The number of carbonyl (C=O) groups is 1. The summed E-state index contributed by atoms with van der Waals surface area (Å²) in [4.78, 5) is 16.7. The molecular formula is C23H32N4O3S. The van der Waals surface area contributed by atoms with E-state index in [0.29, 0.717) is 13.1 Å². The lowest BCUT2D eigenvalue weighted by Crippen LogP contribution is -2.51. The molecule has 168 valence electrons. The van der Waals surface area contributed by atoms with E-state index >= 15 is 0 Å². The van der Waals surface area contributed by atoms with Gasteiger partial charge in [0.1, 0.15) is 0 Å². The molecule has 3 rings (SSSR count). The topological polar surface area (TPSA) is 81.8 Å². The second kappa shape index (κ2) is 11.4. The first-order chi connectivity index (χ1) is 15.0. The Bertz CT molecular complexity index is 914. The molecule has 0 aliphatic carbocycles. The number of hydrogen-bond donors (Lipinski definition) is 2. The lowest BCUT2D eigenvalue weighted by molar-refractivity contribution is -0.122. The first kappa shape index (κ1) is 23.4. The largest absolute Gasteiger partial charge is 0.355 e. The molecule has 1 fully saturated rings. The molecule has 0 aromatic heterocycles. The highest BCUT2D eigenvalue weighted by Crippen LogP contribution is 2.22. The molecule has 1 unspecified atom stereocenters. The Labute approximate surface area is 185 Å². The van der Waals surface area contributed by atoms with Gasteiger partial charge in [-0.3, -0.25) is 14.6 Å². The van der Waals surface area contributed by atoms with E-state index in [1.165, 1.54) is 0 Å². The van der Waals surface area contributed by atoms with Crippen molar-refractivity contribution in [2.24, 2.45) is 0 Å². The zero-order valence-corrected chi connectivity index (χ0v) is 18.9. The maximum absolute atomic E-state index is 12.7. The van der Waals surface area contributed by atoms with E-state index in [0.717, 1.165) is 38.2 Å². The second-order valence-electron chi connectivity index (χ2n) is 7.75. The number of hydrogen-bond acceptors (Lipinski definition) is 5. The minimum atomic E-state index is -3.58. The number of nitrogens with zero attached hydrogens (tertiary/aromatic N) is 2. The number of carbonyl (C=O) groups excluding carboxylic acids is 1. The van der Waals surface area contributed by atoms with Crippen LogP contribution in [-0.2, 0) is 14.8 Å². The molecule has 2 aromatic carbocycles. The smallest absolute Gasteiger partial charge is 0.240 e. The standard InChI is InChI=1S/C23H32N4O3S/c1-2-13-24-23(28)19-26-14-16-27(17-15-26)22(20-9-5-3-6-10-20)18-25-31(29,30)21-11-7-4-8-12-21/h3-12,22,25H,2,13-19H2,1H3,(H,24,28). The van der Waals surface area contributed by atoms with Crippen LogP contribution < -0.4 is 10.0 Å². The average molecular weight is 445 g/mol. The number of sulfonamides is 1. The van der Waals surface area contributed by atoms with Gasteiger partial charge >= 0.3 is 0 Å². The van der Waals surface area contributed by atoms with Crippen molar-refractivity contribution >= 4 is 15.9 Å². The van der Waals surface area contributed by atoms with Gasteiger partial charge in [0.15, 0.2) is 0 Å². The maximum atomic E-state index is 12.7. The van der Waals surface area contributed by atoms with Gasteiger partial charge in [-0.1, -0.05) is 55.5 Å². The summed E-state index contributed by atoms with van der Waals surface area (Å²) in [5.74, 6) is 0.0607. The van der Waals surface area contributed by atoms with Crippen LogP contribution in [0.3, 0.4) is 0 Å². The average Bonchev–Trinajstić information content (AvgIpc) is 2.80. The van der Waals surface area contributed by atoms with Crippen molar-refractivity contribution in [1.29, 1.82) is 0 Å². The fraction of sp³-hybridized carbons (Fsp3) is 0.435. The van der Waals surface area contributed by atoms with Crippen molar-refractivity contribution in [1.82, 2.24) is 19.8 Å². The molecule has 0 saturated carbocycles. The molecule has 1 atom stereocenters. The molecule has 0 radical (unpaired) electrons. The van der Waals surface area contributed by atoms with Gasteiger partial charge in [-0.2, -0.15) is 0 Å². The monoisotopic (exact) mass is 444 g/mol. The molecule has 1 heterocycles. The van der Waals surface area contributed by atoms with Gasteiger partial charge in [-0.15, -0.1) is 0 Å². The van der Waals surface area contributed by atoms with Crippen LogP contribution in [0.4, 0.5) is 0 Å². The Morgan fingerprint density at radius 1 is 0.968 bits per heavy atom. The Kier molecular flexibility index (Phi) is 8.60. The zero-order valence-electron chi connectivity index (χ0n) is 18.0. The first-order valence-electron chi connectivity index (χ1n) is 10.8. The molecule has 1 amide bonds. The van der Waals surface area contributed by atoms with E-state index in [-0.39, 0.29) is 23.4 Å². The van der Waals surface area contributed by atoms with Gasteiger partial charge in [0, 0.05) is 45.3 Å². The number of amides is 1. The maximum Gasteiger partial charge on any atom is 0.240 e. The third-order valence-electron chi connectivity index (χ3n) is 5.49. The van der Waals surface area contributed by atoms with Crippen LogP contribution in [0, 0.1) is 0 Å². The molecule has 1 saturated heterocycles. The van der Waals surface area contributed by atoms with Crippen LogP contribution in [0.15, 0.2) is 65.6 Å². The molecule has 0 spiro atoms. The zero-order chi connectivity index (χ0) is 22.1. The van der Waals surface area contributed by atoms with Gasteiger partial charge in [0.05, 0.1) is 11.4 Å². The van der Waals surface area contributed by atoms with Gasteiger partial charge in [-0.25, -0.2) is 13.1 Å². The van der Waals surface area contributed by atoms with Crippen molar-refractivity contribution in [3.05, 3.63) is 66.2 Å². The summed E-state index contributed by atoms with van der Waals surface area (Å²) in [5.41, 5.74) is 1.08. The van der Waals surface area contributed by atoms with Gasteiger partial charge in [-0.05, 0) is 24.1 Å². The number of nitrogens with one attached hydrogen (secondary N) is 2. The van der Waals surface area contributed by atoms with Crippen molar-refractivity contribution in [3.8, 4) is 0 Å². The Balaban J connectivity index is 1.64. The summed E-state index contributed by atoms with van der Waals surface area (Å²) in [6, 6.07) is 18.3. The van der Waals surface area contributed by atoms with Crippen LogP contribution in [0.5, 0.6) is 0 Å². The minimum absolute atomic E-state index is 0.0607. The normalized spacial score (nSPS) is 16.7. The van der Waals surface area contributed by atoms with Crippen molar-refractivity contribution in [2.75, 3.05) is 45.8 Å². The quantitative estimate of drug-likeness (QED) is 0.585. The summed E-state index contributed by atoms with van der Waals surface area (Å²) in [6.45, 7) is 6.53. The molecule has 8 heteroatoms. The fourth-order valence-corrected chi connectivity index (χ4v) is 4.82. The summed E-state index contributed by atoms with van der Waals surface area (Å²) in [6.07, 6.45) is 0.928. The van der Waals surface area contributed by atoms with Crippen molar-refractivity contribution in [3.63, 3.8) is 0 Å². The number of piperazine rings is 1.